The maximum absolute atomic E-state index is 11.9. The fourth-order valence-electron chi connectivity index (χ4n) is 2.69. The molecule has 1 N–H and O–H groups in total. The lowest BCUT2D eigenvalue weighted by Crippen LogP contribution is -2.16. The van der Waals surface area contributed by atoms with Crippen LogP contribution in [0.25, 0.3) is 0 Å². The van der Waals surface area contributed by atoms with Crippen molar-refractivity contribution in [3.8, 4) is 17.2 Å². The molecule has 3 aromatic carbocycles. The van der Waals surface area contributed by atoms with Crippen molar-refractivity contribution in [3.05, 3.63) is 82.9 Å². The van der Waals surface area contributed by atoms with E-state index in [-0.39, 0.29) is 12.5 Å². The number of carbonyl (C=O) groups excluding carboxylic acids is 1. The van der Waals surface area contributed by atoms with E-state index in [4.69, 9.17) is 30.6 Å². The summed E-state index contributed by atoms with van der Waals surface area (Å²) in [7, 11) is 3.14. The van der Waals surface area contributed by atoms with Crippen molar-refractivity contribution >= 4 is 29.4 Å². The molecule has 0 aliphatic rings. The van der Waals surface area contributed by atoms with Crippen molar-refractivity contribution in [2.75, 3.05) is 26.1 Å². The Morgan fingerprint density at radius 3 is 2.41 bits per heavy atom. The van der Waals surface area contributed by atoms with Gasteiger partial charge in [0.15, 0.2) is 18.1 Å². The van der Waals surface area contributed by atoms with Gasteiger partial charge < -0.3 is 24.4 Å². The normalized spacial score (nSPS) is 10.6. The molecule has 0 bridgehead atoms. The number of amides is 1. The molecular formula is C24H23ClN2O5. The highest BCUT2D eigenvalue weighted by Gasteiger charge is 2.07. The van der Waals surface area contributed by atoms with Gasteiger partial charge in [-0.1, -0.05) is 28.9 Å². The molecule has 0 heterocycles. The lowest BCUT2D eigenvalue weighted by molar-refractivity contribution is -0.120. The second-order valence-electron chi connectivity index (χ2n) is 6.61. The van der Waals surface area contributed by atoms with Crippen molar-refractivity contribution < 1.29 is 23.8 Å². The number of hydrogen-bond acceptors (Lipinski definition) is 6. The summed E-state index contributed by atoms with van der Waals surface area (Å²) < 4.78 is 16.3. The van der Waals surface area contributed by atoms with E-state index in [1.807, 2.05) is 30.3 Å². The number of ether oxygens (including phenoxy) is 3. The number of anilines is 1. The smallest absolute Gasteiger partial charge is 0.265 e. The van der Waals surface area contributed by atoms with Crippen LogP contribution in [0.5, 0.6) is 17.2 Å². The first-order valence-corrected chi connectivity index (χ1v) is 10.1. The highest BCUT2D eigenvalue weighted by molar-refractivity contribution is 6.30. The van der Waals surface area contributed by atoms with Crippen molar-refractivity contribution in [2.45, 2.75) is 6.61 Å². The Morgan fingerprint density at radius 1 is 0.969 bits per heavy atom. The molecule has 166 valence electrons. The third kappa shape index (κ3) is 6.92. The number of benzene rings is 3. The zero-order valence-electron chi connectivity index (χ0n) is 17.7. The van der Waals surface area contributed by atoms with E-state index >= 15 is 0 Å². The summed E-state index contributed by atoms with van der Waals surface area (Å²) in [5.41, 5.74) is 2.36. The fraction of sp³-hybridized carbons (Fsp3) is 0.167. The minimum absolute atomic E-state index is 0.220. The van der Waals surface area contributed by atoms with Gasteiger partial charge in [-0.3, -0.25) is 4.79 Å². The number of hydrogen-bond donors (Lipinski definition) is 1. The second kappa shape index (κ2) is 11.6. The van der Waals surface area contributed by atoms with Gasteiger partial charge in [-0.25, -0.2) is 0 Å². The van der Waals surface area contributed by atoms with Gasteiger partial charge in [0, 0.05) is 16.3 Å². The third-order valence-corrected chi connectivity index (χ3v) is 4.59. The number of halogens is 1. The molecule has 8 heteroatoms. The number of oxime groups is 1. The average Bonchev–Trinajstić information content (AvgIpc) is 2.82. The predicted molar refractivity (Wildman–Crippen MR) is 124 cm³/mol. The van der Waals surface area contributed by atoms with Crippen LogP contribution >= 0.6 is 11.6 Å². The van der Waals surface area contributed by atoms with Crippen LogP contribution in [0, 0.1) is 0 Å². The summed E-state index contributed by atoms with van der Waals surface area (Å²) >= 11 is 5.90. The molecule has 0 fully saturated rings. The van der Waals surface area contributed by atoms with Crippen LogP contribution in [0.3, 0.4) is 0 Å². The van der Waals surface area contributed by atoms with Crippen LogP contribution in [0.15, 0.2) is 71.9 Å². The van der Waals surface area contributed by atoms with Crippen molar-refractivity contribution in [1.82, 2.24) is 0 Å². The van der Waals surface area contributed by atoms with E-state index in [9.17, 15) is 4.79 Å². The molecule has 0 atom stereocenters. The lowest BCUT2D eigenvalue weighted by Gasteiger charge is -2.11. The molecule has 32 heavy (non-hydrogen) atoms. The highest BCUT2D eigenvalue weighted by Crippen LogP contribution is 2.28. The van der Waals surface area contributed by atoms with E-state index in [0.717, 1.165) is 11.1 Å². The van der Waals surface area contributed by atoms with Gasteiger partial charge in [-0.2, -0.15) is 0 Å². The van der Waals surface area contributed by atoms with E-state index < -0.39 is 0 Å². The first-order valence-electron chi connectivity index (χ1n) is 9.72. The zero-order valence-corrected chi connectivity index (χ0v) is 18.5. The Morgan fingerprint density at radius 2 is 1.72 bits per heavy atom. The van der Waals surface area contributed by atoms with Crippen LogP contribution in [0.1, 0.15) is 11.1 Å². The van der Waals surface area contributed by atoms with Gasteiger partial charge in [0.2, 0.25) is 0 Å². The molecule has 3 aromatic rings. The molecule has 0 aliphatic carbocycles. The predicted octanol–water partition coefficient (Wildman–Crippen LogP) is 4.93. The summed E-state index contributed by atoms with van der Waals surface area (Å²) in [5, 5.41) is 7.23. The van der Waals surface area contributed by atoms with Gasteiger partial charge in [0.25, 0.3) is 5.91 Å². The van der Waals surface area contributed by atoms with Crippen LogP contribution in [-0.2, 0) is 16.2 Å². The Kier molecular flexibility index (Phi) is 8.34. The number of nitrogens with zero attached hydrogens (tertiary/aromatic N) is 1. The first-order chi connectivity index (χ1) is 15.6. The Balaban J connectivity index is 1.49. The number of nitrogens with one attached hydrogen (secondary N) is 1. The molecule has 0 spiro atoms. The van der Waals surface area contributed by atoms with E-state index in [2.05, 4.69) is 10.5 Å². The summed E-state index contributed by atoms with van der Waals surface area (Å²) in [6.45, 7) is 0.162. The van der Waals surface area contributed by atoms with E-state index in [1.165, 1.54) is 6.21 Å². The lowest BCUT2D eigenvalue weighted by atomic mass is 10.2. The zero-order chi connectivity index (χ0) is 22.8. The second-order valence-corrected chi connectivity index (χ2v) is 7.05. The maximum atomic E-state index is 11.9. The van der Waals surface area contributed by atoms with Gasteiger partial charge in [0.1, 0.15) is 12.4 Å². The molecule has 0 aliphatic heterocycles. The van der Waals surface area contributed by atoms with Crippen molar-refractivity contribution in [1.29, 1.82) is 0 Å². The van der Waals surface area contributed by atoms with Crippen LogP contribution in [-0.4, -0.2) is 32.9 Å². The standard InChI is InChI=1S/C24H23ClN2O5/c1-29-21-10-8-20(9-11-21)27-24(28)16-32-26-14-18-5-12-22(23(13-18)30-2)31-15-17-3-6-19(25)7-4-17/h3-14H,15-16H2,1-2H3,(H,27,28)/b26-14+. The Hall–Kier alpha value is -3.71. The molecule has 7 nitrogen and oxygen atoms in total. The molecule has 0 aromatic heterocycles. The SMILES string of the molecule is COc1ccc(NC(=O)CO/N=C/c2ccc(OCc3ccc(Cl)cc3)c(OC)c2)cc1. The summed E-state index contributed by atoms with van der Waals surface area (Å²) in [6, 6.07) is 19.8. The summed E-state index contributed by atoms with van der Waals surface area (Å²) in [5.74, 6) is 1.54. The molecule has 0 radical (unpaired) electrons. The maximum Gasteiger partial charge on any atom is 0.265 e. The number of rotatable bonds is 10. The third-order valence-electron chi connectivity index (χ3n) is 4.34. The van der Waals surface area contributed by atoms with Crippen LogP contribution < -0.4 is 19.5 Å². The molecule has 1 amide bonds. The first kappa shape index (κ1) is 23.0. The molecule has 0 saturated carbocycles. The summed E-state index contributed by atoms with van der Waals surface area (Å²) in [4.78, 5) is 17.0. The van der Waals surface area contributed by atoms with E-state index in [1.54, 1.807) is 50.6 Å². The minimum Gasteiger partial charge on any atom is -0.497 e. The number of methoxy groups -OCH3 is 2. The molecule has 0 unspecified atom stereocenters. The fourth-order valence-corrected chi connectivity index (χ4v) is 2.82. The Bertz CT molecular complexity index is 1050. The topological polar surface area (TPSA) is 78.4 Å². The van der Waals surface area contributed by atoms with Gasteiger partial charge in [0.05, 0.1) is 20.4 Å². The van der Waals surface area contributed by atoms with Gasteiger partial charge in [-0.15, -0.1) is 0 Å². The van der Waals surface area contributed by atoms with E-state index in [0.29, 0.717) is 34.6 Å². The van der Waals surface area contributed by atoms with Gasteiger partial charge in [-0.05, 0) is 60.2 Å². The van der Waals surface area contributed by atoms with Crippen molar-refractivity contribution in [2.24, 2.45) is 5.16 Å². The van der Waals surface area contributed by atoms with Gasteiger partial charge >= 0.3 is 0 Å². The quantitative estimate of drug-likeness (QED) is 0.347. The molecular weight excluding hydrogens is 432 g/mol. The van der Waals surface area contributed by atoms with Crippen LogP contribution in [0.2, 0.25) is 5.02 Å². The summed E-state index contributed by atoms with van der Waals surface area (Å²) in [6.07, 6.45) is 1.49. The van der Waals surface area contributed by atoms with Crippen molar-refractivity contribution in [3.63, 3.8) is 0 Å². The number of carbonyl (C=O) groups is 1. The largest absolute Gasteiger partial charge is 0.497 e. The molecule has 3 rings (SSSR count). The van der Waals surface area contributed by atoms with Crippen LogP contribution in [0.4, 0.5) is 5.69 Å². The Labute approximate surface area is 191 Å². The minimum atomic E-state index is -0.323. The average molecular weight is 455 g/mol. The monoisotopic (exact) mass is 454 g/mol. The molecule has 0 saturated heterocycles. The highest BCUT2D eigenvalue weighted by atomic mass is 35.5.